The van der Waals surface area contributed by atoms with E-state index in [9.17, 15) is 4.79 Å². The molecule has 2 aromatic carbocycles. The van der Waals surface area contributed by atoms with E-state index in [2.05, 4.69) is 37.3 Å². The molecule has 0 aliphatic rings. The fraction of sp³-hybridized carbons (Fsp3) is 0.250. The fourth-order valence-corrected chi connectivity index (χ4v) is 2.32. The lowest BCUT2D eigenvalue weighted by Gasteiger charge is -2.06. The zero-order valence-electron chi connectivity index (χ0n) is 13.2. The summed E-state index contributed by atoms with van der Waals surface area (Å²) in [7, 11) is 0. The molecule has 2 rings (SSSR count). The first-order valence-corrected chi connectivity index (χ1v) is 7.69. The summed E-state index contributed by atoms with van der Waals surface area (Å²) in [6.07, 6.45) is 4.23. The van der Waals surface area contributed by atoms with E-state index in [0.29, 0.717) is 12.2 Å². The maximum Gasteiger partial charge on any atom is 0.338 e. The van der Waals surface area contributed by atoms with Crippen LogP contribution in [0.25, 0.3) is 5.57 Å². The van der Waals surface area contributed by atoms with Crippen molar-refractivity contribution in [3.63, 3.8) is 0 Å². The predicted octanol–water partition coefficient (Wildman–Crippen LogP) is 4.90. The van der Waals surface area contributed by atoms with Crippen molar-refractivity contribution < 1.29 is 9.53 Å². The van der Waals surface area contributed by atoms with Gasteiger partial charge in [-0.3, -0.25) is 0 Å². The molecule has 0 spiro atoms. The van der Waals surface area contributed by atoms with Crippen molar-refractivity contribution in [3.05, 3.63) is 77.4 Å². The number of ether oxygens (including phenoxy) is 1. The Morgan fingerprint density at radius 2 is 1.77 bits per heavy atom. The maximum atomic E-state index is 11.8. The van der Waals surface area contributed by atoms with Crippen molar-refractivity contribution in [2.75, 3.05) is 6.61 Å². The second-order valence-corrected chi connectivity index (χ2v) is 5.21. The number of hydrogen-bond donors (Lipinski definition) is 0. The first-order valence-electron chi connectivity index (χ1n) is 7.69. The zero-order chi connectivity index (χ0) is 15.8. The normalized spacial score (nSPS) is 11.3. The standard InChI is InChI=1S/C20H22O2/c1-3-22-20(21)19-14-8-13-18(15-19)16(2)9-7-12-17-10-5-4-6-11-17/h4-6,8-11,13-15H,3,7,12H2,1-2H3. The monoisotopic (exact) mass is 294 g/mol. The molecule has 0 atom stereocenters. The Balaban J connectivity index is 2.02. The van der Waals surface area contributed by atoms with Gasteiger partial charge in [0.15, 0.2) is 0 Å². The number of esters is 1. The van der Waals surface area contributed by atoms with Gasteiger partial charge in [0.25, 0.3) is 0 Å². The molecule has 114 valence electrons. The van der Waals surface area contributed by atoms with Gasteiger partial charge in [-0.25, -0.2) is 4.79 Å². The SMILES string of the molecule is CCOC(=O)c1cccc(C(C)=CCCc2ccccc2)c1. The molecule has 0 aliphatic heterocycles. The van der Waals surface area contributed by atoms with Crippen molar-refractivity contribution in [2.24, 2.45) is 0 Å². The molecule has 22 heavy (non-hydrogen) atoms. The molecular formula is C20H22O2. The average molecular weight is 294 g/mol. The zero-order valence-corrected chi connectivity index (χ0v) is 13.2. The number of carbonyl (C=O) groups excluding carboxylic acids is 1. The molecule has 0 amide bonds. The first-order chi connectivity index (χ1) is 10.7. The molecule has 0 saturated carbocycles. The minimum absolute atomic E-state index is 0.263. The second-order valence-electron chi connectivity index (χ2n) is 5.21. The third kappa shape index (κ3) is 4.59. The lowest BCUT2D eigenvalue weighted by atomic mass is 10.0. The van der Waals surface area contributed by atoms with Gasteiger partial charge in [-0.05, 0) is 55.5 Å². The molecule has 0 aromatic heterocycles. The summed E-state index contributed by atoms with van der Waals surface area (Å²) in [5.41, 5.74) is 4.20. The van der Waals surface area contributed by atoms with E-state index in [1.807, 2.05) is 31.2 Å². The predicted molar refractivity (Wildman–Crippen MR) is 90.8 cm³/mol. The third-order valence-electron chi connectivity index (χ3n) is 3.56. The van der Waals surface area contributed by atoms with Crippen LogP contribution in [-0.4, -0.2) is 12.6 Å². The Kier molecular flexibility index (Phi) is 5.96. The van der Waals surface area contributed by atoms with Crippen molar-refractivity contribution >= 4 is 11.5 Å². The van der Waals surface area contributed by atoms with Crippen LogP contribution in [0.1, 0.15) is 41.8 Å². The van der Waals surface area contributed by atoms with Crippen molar-refractivity contribution in [2.45, 2.75) is 26.7 Å². The molecule has 2 aromatic rings. The highest BCUT2D eigenvalue weighted by molar-refractivity contribution is 5.90. The molecule has 0 N–H and O–H groups in total. The van der Waals surface area contributed by atoms with E-state index in [1.54, 1.807) is 6.07 Å². The maximum absolute atomic E-state index is 11.8. The van der Waals surface area contributed by atoms with Crippen LogP contribution < -0.4 is 0 Å². The van der Waals surface area contributed by atoms with Crippen LogP contribution in [0.15, 0.2) is 60.7 Å². The van der Waals surface area contributed by atoms with Crippen LogP contribution in [0.2, 0.25) is 0 Å². The summed E-state index contributed by atoms with van der Waals surface area (Å²) in [6, 6.07) is 18.1. The quantitative estimate of drug-likeness (QED) is 0.708. The number of aryl methyl sites for hydroxylation is 1. The highest BCUT2D eigenvalue weighted by Gasteiger charge is 2.07. The first kappa shape index (κ1) is 16.0. The minimum atomic E-state index is -0.263. The van der Waals surface area contributed by atoms with E-state index >= 15 is 0 Å². The Morgan fingerprint density at radius 1 is 1.05 bits per heavy atom. The Morgan fingerprint density at radius 3 is 2.50 bits per heavy atom. The molecule has 0 radical (unpaired) electrons. The van der Waals surface area contributed by atoms with E-state index in [-0.39, 0.29) is 5.97 Å². The summed E-state index contributed by atoms with van der Waals surface area (Å²) in [5, 5.41) is 0. The van der Waals surface area contributed by atoms with E-state index in [0.717, 1.165) is 18.4 Å². The van der Waals surface area contributed by atoms with Crippen LogP contribution in [0.4, 0.5) is 0 Å². The summed E-state index contributed by atoms with van der Waals surface area (Å²) < 4.78 is 5.04. The molecule has 0 aliphatic carbocycles. The Labute approximate surface area is 132 Å². The smallest absolute Gasteiger partial charge is 0.338 e. The molecule has 0 saturated heterocycles. The van der Waals surface area contributed by atoms with Gasteiger partial charge in [0, 0.05) is 0 Å². The van der Waals surface area contributed by atoms with Gasteiger partial charge in [-0.2, -0.15) is 0 Å². The van der Waals surface area contributed by atoms with E-state index in [4.69, 9.17) is 4.74 Å². The lowest BCUT2D eigenvalue weighted by molar-refractivity contribution is 0.0526. The Bertz CT molecular complexity index is 642. The average Bonchev–Trinajstić information content (AvgIpc) is 2.56. The summed E-state index contributed by atoms with van der Waals surface area (Å²) in [4.78, 5) is 11.8. The number of benzene rings is 2. The van der Waals surface area contributed by atoms with Gasteiger partial charge in [0.2, 0.25) is 0 Å². The number of rotatable bonds is 6. The van der Waals surface area contributed by atoms with Crippen molar-refractivity contribution in [3.8, 4) is 0 Å². The summed E-state index contributed by atoms with van der Waals surface area (Å²) >= 11 is 0. The summed E-state index contributed by atoms with van der Waals surface area (Å²) in [6.45, 7) is 4.29. The molecule has 2 heteroatoms. The molecule has 2 nitrogen and oxygen atoms in total. The molecule has 0 unspecified atom stereocenters. The third-order valence-corrected chi connectivity index (χ3v) is 3.56. The van der Waals surface area contributed by atoms with Crippen LogP contribution in [0.5, 0.6) is 0 Å². The molecule has 0 bridgehead atoms. The van der Waals surface area contributed by atoms with E-state index < -0.39 is 0 Å². The molecular weight excluding hydrogens is 272 g/mol. The van der Waals surface area contributed by atoms with Gasteiger partial charge in [0.1, 0.15) is 0 Å². The highest BCUT2D eigenvalue weighted by atomic mass is 16.5. The van der Waals surface area contributed by atoms with Gasteiger partial charge in [-0.15, -0.1) is 0 Å². The van der Waals surface area contributed by atoms with Crippen LogP contribution in [0.3, 0.4) is 0 Å². The van der Waals surface area contributed by atoms with Crippen molar-refractivity contribution in [1.29, 1.82) is 0 Å². The van der Waals surface area contributed by atoms with E-state index in [1.165, 1.54) is 11.1 Å². The highest BCUT2D eigenvalue weighted by Crippen LogP contribution is 2.17. The van der Waals surface area contributed by atoms with Gasteiger partial charge >= 0.3 is 5.97 Å². The second kappa shape index (κ2) is 8.18. The van der Waals surface area contributed by atoms with Crippen LogP contribution in [-0.2, 0) is 11.2 Å². The van der Waals surface area contributed by atoms with Gasteiger partial charge < -0.3 is 4.74 Å². The van der Waals surface area contributed by atoms with Crippen LogP contribution >= 0.6 is 0 Å². The Hall–Kier alpha value is -2.35. The number of allylic oxidation sites excluding steroid dienone is 2. The minimum Gasteiger partial charge on any atom is -0.462 e. The van der Waals surface area contributed by atoms with Gasteiger partial charge in [0.05, 0.1) is 12.2 Å². The van der Waals surface area contributed by atoms with Crippen LogP contribution in [0, 0.1) is 0 Å². The van der Waals surface area contributed by atoms with Crippen molar-refractivity contribution in [1.82, 2.24) is 0 Å². The summed E-state index contributed by atoms with van der Waals surface area (Å²) in [5.74, 6) is -0.263. The largest absolute Gasteiger partial charge is 0.462 e. The van der Waals surface area contributed by atoms with Gasteiger partial charge in [-0.1, -0.05) is 48.5 Å². The lowest BCUT2D eigenvalue weighted by Crippen LogP contribution is -2.04. The fourth-order valence-electron chi connectivity index (χ4n) is 2.32. The molecule has 0 heterocycles. The number of carbonyl (C=O) groups is 1. The number of hydrogen-bond acceptors (Lipinski definition) is 2. The molecule has 0 fully saturated rings. The topological polar surface area (TPSA) is 26.3 Å².